The van der Waals surface area contributed by atoms with E-state index in [4.69, 9.17) is 4.74 Å². The molecule has 20 heavy (non-hydrogen) atoms. The third-order valence-electron chi connectivity index (χ3n) is 2.75. The van der Waals surface area contributed by atoms with Gasteiger partial charge in [0.2, 0.25) is 0 Å². The topological polar surface area (TPSA) is 26.3 Å². The summed E-state index contributed by atoms with van der Waals surface area (Å²) in [6.07, 6.45) is 9.13. The number of allylic oxidation sites excluding steroid dienone is 3. The molecule has 1 aromatic carbocycles. The van der Waals surface area contributed by atoms with Gasteiger partial charge in [-0.3, -0.25) is 4.79 Å². The highest BCUT2D eigenvalue weighted by Crippen LogP contribution is 2.04. The van der Waals surface area contributed by atoms with E-state index >= 15 is 0 Å². The maximum absolute atomic E-state index is 11.7. The maximum atomic E-state index is 11.7. The number of esters is 1. The van der Waals surface area contributed by atoms with E-state index in [1.165, 1.54) is 0 Å². The van der Waals surface area contributed by atoms with Gasteiger partial charge in [-0.1, -0.05) is 62.4 Å². The van der Waals surface area contributed by atoms with Crippen molar-refractivity contribution in [2.24, 2.45) is 5.92 Å². The molecule has 0 heterocycles. The molecule has 1 aromatic rings. The van der Waals surface area contributed by atoms with Crippen molar-refractivity contribution < 1.29 is 9.53 Å². The molecule has 2 heteroatoms. The lowest BCUT2D eigenvalue weighted by Gasteiger charge is -2.08. The van der Waals surface area contributed by atoms with E-state index in [1.54, 1.807) is 0 Å². The van der Waals surface area contributed by atoms with Crippen molar-refractivity contribution in [2.75, 3.05) is 0 Å². The Morgan fingerprint density at radius 2 is 1.85 bits per heavy atom. The molecule has 0 amide bonds. The molecule has 0 saturated heterocycles. The van der Waals surface area contributed by atoms with Crippen molar-refractivity contribution in [1.29, 1.82) is 0 Å². The van der Waals surface area contributed by atoms with Crippen LogP contribution in [-0.2, 0) is 16.0 Å². The summed E-state index contributed by atoms with van der Waals surface area (Å²) in [5.41, 5.74) is 0.977. The average Bonchev–Trinajstić information content (AvgIpc) is 2.38. The number of benzene rings is 1. The van der Waals surface area contributed by atoms with Gasteiger partial charge in [0.05, 0.1) is 6.42 Å². The van der Waals surface area contributed by atoms with Gasteiger partial charge in [-0.15, -0.1) is 0 Å². The van der Waals surface area contributed by atoms with E-state index < -0.39 is 0 Å². The standard InChI is InChI=1S/C18H24O2/c1-15(2)10-6-4-7-11-16(3)20-18(19)14-17-12-8-5-9-13-17/h4-9,11-13,15-16H,10,14H2,1-3H3/b6-4+,11-7+. The highest BCUT2D eigenvalue weighted by atomic mass is 16.5. The molecule has 1 unspecified atom stereocenters. The Morgan fingerprint density at radius 3 is 2.50 bits per heavy atom. The Hall–Kier alpha value is -1.83. The summed E-state index contributed by atoms with van der Waals surface area (Å²) in [7, 11) is 0. The largest absolute Gasteiger partial charge is 0.458 e. The molecule has 1 rings (SSSR count). The van der Waals surface area contributed by atoms with Gasteiger partial charge in [-0.25, -0.2) is 0 Å². The number of rotatable bonds is 7. The van der Waals surface area contributed by atoms with E-state index in [9.17, 15) is 4.79 Å². The zero-order valence-corrected chi connectivity index (χ0v) is 12.6. The van der Waals surface area contributed by atoms with Gasteiger partial charge in [-0.05, 0) is 30.9 Å². The molecule has 0 aliphatic carbocycles. The van der Waals surface area contributed by atoms with Gasteiger partial charge in [0, 0.05) is 0 Å². The number of carbonyl (C=O) groups excluding carboxylic acids is 1. The summed E-state index contributed by atoms with van der Waals surface area (Å²) in [6, 6.07) is 9.63. The first-order chi connectivity index (χ1) is 9.58. The van der Waals surface area contributed by atoms with Crippen LogP contribution in [0.1, 0.15) is 32.8 Å². The van der Waals surface area contributed by atoms with Gasteiger partial charge in [0.15, 0.2) is 0 Å². The van der Waals surface area contributed by atoms with E-state index in [0.29, 0.717) is 12.3 Å². The summed E-state index contributed by atoms with van der Waals surface area (Å²) < 4.78 is 5.32. The Balaban J connectivity index is 2.31. The van der Waals surface area contributed by atoms with Crippen LogP contribution in [0.5, 0.6) is 0 Å². The Bertz CT molecular complexity index is 444. The lowest BCUT2D eigenvalue weighted by molar-refractivity contribution is -0.145. The van der Waals surface area contributed by atoms with Gasteiger partial charge in [0.1, 0.15) is 6.10 Å². The summed E-state index contributed by atoms with van der Waals surface area (Å²) in [4.78, 5) is 11.7. The smallest absolute Gasteiger partial charge is 0.310 e. The Labute approximate surface area is 122 Å². The number of hydrogen-bond acceptors (Lipinski definition) is 2. The van der Waals surface area contributed by atoms with Crippen LogP contribution in [0.2, 0.25) is 0 Å². The van der Waals surface area contributed by atoms with Crippen LogP contribution < -0.4 is 0 Å². The quantitative estimate of drug-likeness (QED) is 0.546. The summed E-state index contributed by atoms with van der Waals surface area (Å²) in [6.45, 7) is 6.24. The second-order valence-electron chi connectivity index (χ2n) is 5.30. The molecule has 1 atom stereocenters. The second kappa shape index (κ2) is 9.13. The van der Waals surface area contributed by atoms with Crippen molar-refractivity contribution in [2.45, 2.75) is 39.7 Å². The number of hydrogen-bond donors (Lipinski definition) is 0. The van der Waals surface area contributed by atoms with E-state index in [0.717, 1.165) is 12.0 Å². The fraction of sp³-hybridized carbons (Fsp3) is 0.389. The van der Waals surface area contributed by atoms with Crippen LogP contribution in [0.4, 0.5) is 0 Å². The number of ether oxygens (including phenoxy) is 1. The summed E-state index contributed by atoms with van der Waals surface area (Å²) in [5.74, 6) is 0.472. The van der Waals surface area contributed by atoms with Crippen molar-refractivity contribution in [3.05, 3.63) is 60.2 Å². The summed E-state index contributed by atoms with van der Waals surface area (Å²) in [5, 5.41) is 0. The van der Waals surface area contributed by atoms with E-state index in [-0.39, 0.29) is 12.1 Å². The zero-order chi connectivity index (χ0) is 14.8. The van der Waals surface area contributed by atoms with Crippen molar-refractivity contribution in [3.8, 4) is 0 Å². The van der Waals surface area contributed by atoms with E-state index in [2.05, 4.69) is 19.9 Å². The van der Waals surface area contributed by atoms with Gasteiger partial charge in [-0.2, -0.15) is 0 Å². The van der Waals surface area contributed by atoms with Crippen LogP contribution in [0, 0.1) is 5.92 Å². The highest BCUT2D eigenvalue weighted by molar-refractivity contribution is 5.72. The molecular weight excluding hydrogens is 248 g/mol. The van der Waals surface area contributed by atoms with Crippen LogP contribution in [0.25, 0.3) is 0 Å². The Morgan fingerprint density at radius 1 is 1.15 bits per heavy atom. The van der Waals surface area contributed by atoms with Gasteiger partial charge in [0.25, 0.3) is 0 Å². The fourth-order valence-corrected chi connectivity index (χ4v) is 1.70. The minimum atomic E-state index is -0.199. The minimum absolute atomic E-state index is 0.195. The first-order valence-electron chi connectivity index (χ1n) is 7.14. The molecule has 0 radical (unpaired) electrons. The third kappa shape index (κ3) is 7.57. The predicted octanol–water partition coefficient (Wildman–Crippen LogP) is 4.32. The van der Waals surface area contributed by atoms with Crippen molar-refractivity contribution in [1.82, 2.24) is 0 Å². The van der Waals surface area contributed by atoms with E-state index in [1.807, 2.05) is 55.5 Å². The van der Waals surface area contributed by atoms with Crippen LogP contribution >= 0.6 is 0 Å². The average molecular weight is 272 g/mol. The highest BCUT2D eigenvalue weighted by Gasteiger charge is 2.07. The molecular formula is C18H24O2. The monoisotopic (exact) mass is 272 g/mol. The fourth-order valence-electron chi connectivity index (χ4n) is 1.70. The molecule has 0 fully saturated rings. The van der Waals surface area contributed by atoms with Crippen LogP contribution in [0.15, 0.2) is 54.6 Å². The maximum Gasteiger partial charge on any atom is 0.310 e. The molecule has 0 bridgehead atoms. The molecule has 0 N–H and O–H groups in total. The predicted molar refractivity (Wildman–Crippen MR) is 83.4 cm³/mol. The molecule has 108 valence electrons. The lowest BCUT2D eigenvalue weighted by Crippen LogP contribution is -2.14. The molecule has 2 nitrogen and oxygen atoms in total. The molecule has 0 saturated carbocycles. The second-order valence-corrected chi connectivity index (χ2v) is 5.30. The molecule has 0 aliphatic rings. The van der Waals surface area contributed by atoms with Crippen molar-refractivity contribution in [3.63, 3.8) is 0 Å². The zero-order valence-electron chi connectivity index (χ0n) is 12.6. The first-order valence-corrected chi connectivity index (χ1v) is 7.14. The SMILES string of the molecule is CC(C)C/C=C/C=C/C(C)OC(=O)Cc1ccccc1. The van der Waals surface area contributed by atoms with Crippen molar-refractivity contribution >= 4 is 5.97 Å². The molecule has 0 spiro atoms. The minimum Gasteiger partial charge on any atom is -0.458 e. The third-order valence-corrected chi connectivity index (χ3v) is 2.75. The van der Waals surface area contributed by atoms with Gasteiger partial charge < -0.3 is 4.74 Å². The normalized spacial score (nSPS) is 13.2. The molecule has 0 aromatic heterocycles. The molecule has 0 aliphatic heterocycles. The Kier molecular flexibility index (Phi) is 7.41. The van der Waals surface area contributed by atoms with Crippen LogP contribution in [0.3, 0.4) is 0 Å². The lowest BCUT2D eigenvalue weighted by atomic mass is 10.1. The van der Waals surface area contributed by atoms with Gasteiger partial charge >= 0.3 is 5.97 Å². The number of carbonyl (C=O) groups is 1. The first kappa shape index (κ1) is 16.2. The van der Waals surface area contributed by atoms with Crippen LogP contribution in [-0.4, -0.2) is 12.1 Å². The summed E-state index contributed by atoms with van der Waals surface area (Å²) >= 11 is 0.